The van der Waals surface area contributed by atoms with Crippen molar-refractivity contribution >= 4 is 0 Å². The first kappa shape index (κ1) is 9.68. The fourth-order valence-electron chi connectivity index (χ4n) is 0.971. The topological polar surface area (TPSA) is 20.2 Å². The number of aliphatic hydroxyl groups is 1. The van der Waals surface area contributed by atoms with Crippen molar-refractivity contribution in [3.8, 4) is 0 Å². The van der Waals surface area contributed by atoms with E-state index in [1.54, 1.807) is 0 Å². The fraction of sp³-hybridized carbons (Fsp3) is 0.0909. The second-order valence-corrected chi connectivity index (χ2v) is 2.73. The van der Waals surface area contributed by atoms with Crippen molar-refractivity contribution in [3.05, 3.63) is 60.5 Å². The van der Waals surface area contributed by atoms with Gasteiger partial charge in [-0.05, 0) is 23.3 Å². The Labute approximate surface area is 76.8 Å². The molecule has 0 saturated heterocycles. The van der Waals surface area contributed by atoms with Crippen LogP contribution >= 0.6 is 0 Å². The van der Waals surface area contributed by atoms with Crippen LogP contribution in [0, 0.1) is 5.82 Å². The molecule has 0 saturated carbocycles. The van der Waals surface area contributed by atoms with Crippen LogP contribution in [0.1, 0.15) is 11.7 Å². The monoisotopic (exact) mass is 178 g/mol. The van der Waals surface area contributed by atoms with Crippen molar-refractivity contribution < 1.29 is 9.50 Å². The first-order valence-electron chi connectivity index (χ1n) is 3.90. The minimum Gasteiger partial charge on any atom is -0.384 e. The van der Waals surface area contributed by atoms with Crippen LogP contribution in [0.4, 0.5) is 4.39 Å². The molecule has 0 aliphatic rings. The second-order valence-electron chi connectivity index (χ2n) is 2.73. The van der Waals surface area contributed by atoms with E-state index in [4.69, 9.17) is 0 Å². The molecule has 0 spiro atoms. The maximum atomic E-state index is 12.5. The van der Waals surface area contributed by atoms with E-state index in [1.807, 2.05) is 0 Å². The van der Waals surface area contributed by atoms with Crippen LogP contribution in [0.25, 0.3) is 0 Å². The van der Waals surface area contributed by atoms with E-state index in [2.05, 4.69) is 13.2 Å². The Bertz CT molecular complexity index is 313. The molecular formula is C11H11FO. The second kappa shape index (κ2) is 4.01. The van der Waals surface area contributed by atoms with Gasteiger partial charge >= 0.3 is 0 Å². The van der Waals surface area contributed by atoms with Crippen molar-refractivity contribution in [2.75, 3.05) is 0 Å². The molecule has 0 amide bonds. The van der Waals surface area contributed by atoms with Crippen LogP contribution in [0.3, 0.4) is 0 Å². The molecule has 1 atom stereocenters. The predicted molar refractivity (Wildman–Crippen MR) is 50.7 cm³/mol. The van der Waals surface area contributed by atoms with Gasteiger partial charge in [-0.1, -0.05) is 31.4 Å². The van der Waals surface area contributed by atoms with Gasteiger partial charge in [0.1, 0.15) is 11.9 Å². The van der Waals surface area contributed by atoms with Crippen molar-refractivity contribution in [2.45, 2.75) is 6.10 Å². The van der Waals surface area contributed by atoms with E-state index in [0.717, 1.165) is 0 Å². The van der Waals surface area contributed by atoms with Crippen LogP contribution in [0.2, 0.25) is 0 Å². The lowest BCUT2D eigenvalue weighted by molar-refractivity contribution is 0.220. The van der Waals surface area contributed by atoms with Gasteiger partial charge in [0.05, 0.1) is 0 Å². The van der Waals surface area contributed by atoms with Crippen LogP contribution in [0.15, 0.2) is 49.1 Å². The van der Waals surface area contributed by atoms with Gasteiger partial charge in [-0.15, -0.1) is 0 Å². The van der Waals surface area contributed by atoms with E-state index >= 15 is 0 Å². The first-order chi connectivity index (χ1) is 6.15. The van der Waals surface area contributed by atoms with Gasteiger partial charge in [0.25, 0.3) is 0 Å². The third-order valence-corrected chi connectivity index (χ3v) is 1.80. The number of rotatable bonds is 3. The SMILES string of the molecule is C=CC(=C)[C@@H](O)c1ccc(F)cc1. The molecule has 0 aromatic heterocycles. The van der Waals surface area contributed by atoms with Gasteiger partial charge in [0, 0.05) is 0 Å². The maximum Gasteiger partial charge on any atom is 0.123 e. The average Bonchev–Trinajstić information content (AvgIpc) is 2.17. The smallest absolute Gasteiger partial charge is 0.123 e. The van der Waals surface area contributed by atoms with Crippen LogP contribution < -0.4 is 0 Å². The first-order valence-corrected chi connectivity index (χ1v) is 3.90. The summed E-state index contributed by atoms with van der Waals surface area (Å²) in [5, 5.41) is 9.59. The molecule has 0 fully saturated rings. The highest BCUT2D eigenvalue weighted by Crippen LogP contribution is 2.20. The molecule has 0 unspecified atom stereocenters. The van der Waals surface area contributed by atoms with Crippen molar-refractivity contribution in [2.24, 2.45) is 0 Å². The van der Waals surface area contributed by atoms with E-state index in [9.17, 15) is 9.50 Å². The Hall–Kier alpha value is -1.41. The highest BCUT2D eigenvalue weighted by atomic mass is 19.1. The Morgan fingerprint density at radius 1 is 1.38 bits per heavy atom. The molecule has 1 aromatic rings. The molecule has 0 heterocycles. The summed E-state index contributed by atoms with van der Waals surface area (Å²) in [5.41, 5.74) is 1.12. The number of hydrogen-bond donors (Lipinski definition) is 1. The molecule has 1 nitrogen and oxygen atoms in total. The fourth-order valence-corrected chi connectivity index (χ4v) is 0.971. The lowest BCUT2D eigenvalue weighted by atomic mass is 10.0. The molecule has 2 heteroatoms. The summed E-state index contributed by atoms with van der Waals surface area (Å²) in [6, 6.07) is 5.65. The van der Waals surface area contributed by atoms with E-state index < -0.39 is 6.10 Å². The Morgan fingerprint density at radius 2 is 1.92 bits per heavy atom. The molecule has 68 valence electrons. The minimum absolute atomic E-state index is 0.319. The Kier molecular flexibility index (Phi) is 2.98. The lowest BCUT2D eigenvalue weighted by Crippen LogP contribution is -1.98. The Morgan fingerprint density at radius 3 is 2.38 bits per heavy atom. The summed E-state index contributed by atoms with van der Waals surface area (Å²) >= 11 is 0. The molecular weight excluding hydrogens is 167 g/mol. The zero-order chi connectivity index (χ0) is 9.84. The zero-order valence-corrected chi connectivity index (χ0v) is 7.20. The van der Waals surface area contributed by atoms with Gasteiger partial charge in [0.15, 0.2) is 0 Å². The van der Waals surface area contributed by atoms with Gasteiger partial charge in [-0.2, -0.15) is 0 Å². The van der Waals surface area contributed by atoms with Crippen LogP contribution in [-0.2, 0) is 0 Å². The third-order valence-electron chi connectivity index (χ3n) is 1.80. The molecule has 1 N–H and O–H groups in total. The van der Waals surface area contributed by atoms with Crippen LogP contribution in [0.5, 0.6) is 0 Å². The van der Waals surface area contributed by atoms with Gasteiger partial charge in [-0.3, -0.25) is 0 Å². The summed E-state index contributed by atoms with van der Waals surface area (Å²) in [5.74, 6) is -0.319. The largest absolute Gasteiger partial charge is 0.384 e. The summed E-state index contributed by atoms with van der Waals surface area (Å²) in [6.07, 6.45) is 0.687. The van der Waals surface area contributed by atoms with Crippen LogP contribution in [-0.4, -0.2) is 5.11 Å². The lowest BCUT2D eigenvalue weighted by Gasteiger charge is -2.10. The average molecular weight is 178 g/mol. The Balaban J connectivity index is 2.89. The molecule has 1 aromatic carbocycles. The van der Waals surface area contributed by atoms with Gasteiger partial charge < -0.3 is 5.11 Å². The predicted octanol–water partition coefficient (Wildman–Crippen LogP) is 2.60. The minimum atomic E-state index is -0.793. The number of aliphatic hydroxyl groups excluding tert-OH is 1. The summed E-state index contributed by atoms with van der Waals surface area (Å²) in [6.45, 7) is 7.10. The summed E-state index contributed by atoms with van der Waals surface area (Å²) in [7, 11) is 0. The van der Waals surface area contributed by atoms with Crippen molar-refractivity contribution in [1.82, 2.24) is 0 Å². The number of hydrogen-bond acceptors (Lipinski definition) is 1. The van der Waals surface area contributed by atoms with Crippen molar-refractivity contribution in [3.63, 3.8) is 0 Å². The number of benzene rings is 1. The van der Waals surface area contributed by atoms with Gasteiger partial charge in [-0.25, -0.2) is 4.39 Å². The van der Waals surface area contributed by atoms with Gasteiger partial charge in [0.2, 0.25) is 0 Å². The zero-order valence-electron chi connectivity index (χ0n) is 7.20. The number of halogens is 1. The van der Waals surface area contributed by atoms with E-state index in [1.165, 1.54) is 30.3 Å². The standard InChI is InChI=1S/C11H11FO/c1-3-8(2)11(13)9-4-6-10(12)7-5-9/h3-7,11,13H,1-2H2/t11-/m1/s1. The highest BCUT2D eigenvalue weighted by molar-refractivity contribution is 5.29. The third kappa shape index (κ3) is 2.26. The summed E-state index contributed by atoms with van der Waals surface area (Å²) in [4.78, 5) is 0. The molecule has 0 aliphatic carbocycles. The molecule has 1 rings (SSSR count). The molecule has 0 radical (unpaired) electrons. The maximum absolute atomic E-state index is 12.5. The highest BCUT2D eigenvalue weighted by Gasteiger charge is 2.08. The summed E-state index contributed by atoms with van der Waals surface area (Å²) < 4.78 is 12.5. The molecule has 0 bridgehead atoms. The quantitative estimate of drug-likeness (QED) is 0.705. The van der Waals surface area contributed by atoms with E-state index in [-0.39, 0.29) is 5.82 Å². The molecule has 13 heavy (non-hydrogen) atoms. The molecule has 0 aliphatic heterocycles. The van der Waals surface area contributed by atoms with E-state index in [0.29, 0.717) is 11.1 Å². The van der Waals surface area contributed by atoms with Crippen molar-refractivity contribution in [1.29, 1.82) is 0 Å². The normalized spacial score (nSPS) is 12.2.